The van der Waals surface area contributed by atoms with Gasteiger partial charge in [0.15, 0.2) is 5.65 Å². The first-order valence-electron chi connectivity index (χ1n) is 10.2. The Morgan fingerprint density at radius 2 is 2.11 bits per heavy atom. The second-order valence-electron chi connectivity index (χ2n) is 7.22. The molecule has 28 heavy (non-hydrogen) atoms. The number of nitrogens with zero attached hydrogens (tertiary/aromatic N) is 4. The maximum atomic E-state index is 5.56. The highest BCUT2D eigenvalue weighted by atomic mass is 32.1. The molecule has 3 aromatic rings. The summed E-state index contributed by atoms with van der Waals surface area (Å²) in [4.78, 5) is 13.4. The van der Waals surface area contributed by atoms with E-state index in [2.05, 4.69) is 37.3 Å². The summed E-state index contributed by atoms with van der Waals surface area (Å²) in [7, 11) is 0. The van der Waals surface area contributed by atoms with Gasteiger partial charge in [-0.25, -0.2) is 9.97 Å². The number of imidazole rings is 1. The maximum absolute atomic E-state index is 5.56. The van der Waals surface area contributed by atoms with Gasteiger partial charge in [-0.1, -0.05) is 6.07 Å². The first-order chi connectivity index (χ1) is 13.8. The lowest BCUT2D eigenvalue weighted by molar-refractivity contribution is 0.140. The number of likely N-dealkylation sites (tertiary alicyclic amines) is 1. The standard InChI is InChI=1S/C21H29N5OS/c1-2-27-15-14-26-20-19(6-3-10-22-20)24-21(26)23-17-7-11-25(12-8-17)13-9-18-5-4-16-28-18/h3-6,10,16-17H,2,7-9,11-15H2,1H3,(H,23,24). The molecule has 1 N–H and O–H groups in total. The Kier molecular flexibility index (Phi) is 6.57. The Bertz CT molecular complexity index is 855. The van der Waals surface area contributed by atoms with Crippen LogP contribution in [-0.2, 0) is 17.7 Å². The topological polar surface area (TPSA) is 55.2 Å². The fraction of sp³-hybridized carbons (Fsp3) is 0.524. The van der Waals surface area contributed by atoms with Crippen molar-refractivity contribution in [1.82, 2.24) is 19.4 Å². The molecule has 0 atom stereocenters. The predicted molar refractivity (Wildman–Crippen MR) is 115 cm³/mol. The number of aromatic nitrogens is 3. The van der Waals surface area contributed by atoms with Crippen LogP contribution in [0, 0.1) is 0 Å². The minimum absolute atomic E-state index is 0.459. The van der Waals surface area contributed by atoms with E-state index < -0.39 is 0 Å². The van der Waals surface area contributed by atoms with Gasteiger partial charge in [0.05, 0.1) is 13.2 Å². The van der Waals surface area contributed by atoms with Crippen molar-refractivity contribution in [2.75, 3.05) is 38.2 Å². The number of thiophene rings is 1. The third kappa shape index (κ3) is 4.71. The van der Waals surface area contributed by atoms with Gasteiger partial charge >= 0.3 is 0 Å². The second-order valence-corrected chi connectivity index (χ2v) is 8.25. The van der Waals surface area contributed by atoms with Gasteiger partial charge < -0.3 is 15.0 Å². The summed E-state index contributed by atoms with van der Waals surface area (Å²) in [6.07, 6.45) is 5.28. The lowest BCUT2D eigenvalue weighted by Crippen LogP contribution is -2.40. The largest absolute Gasteiger partial charge is 0.380 e. The molecule has 0 amide bonds. The van der Waals surface area contributed by atoms with Crippen molar-refractivity contribution in [3.63, 3.8) is 0 Å². The predicted octanol–water partition coefficient (Wildman–Crippen LogP) is 3.65. The summed E-state index contributed by atoms with van der Waals surface area (Å²) in [6.45, 7) is 7.63. The number of ether oxygens (including phenoxy) is 1. The number of pyridine rings is 1. The Morgan fingerprint density at radius 1 is 1.21 bits per heavy atom. The van der Waals surface area contributed by atoms with Crippen LogP contribution in [0.2, 0.25) is 0 Å². The van der Waals surface area contributed by atoms with Gasteiger partial charge in [0.1, 0.15) is 5.52 Å². The SMILES string of the molecule is CCOCCn1c(NC2CCN(CCc3cccs3)CC2)nc2cccnc21. The Balaban J connectivity index is 1.35. The van der Waals surface area contributed by atoms with E-state index in [9.17, 15) is 0 Å². The molecule has 0 radical (unpaired) electrons. The molecule has 4 heterocycles. The van der Waals surface area contributed by atoms with Gasteiger partial charge in [-0.2, -0.15) is 0 Å². The van der Waals surface area contributed by atoms with Crippen LogP contribution in [0.5, 0.6) is 0 Å². The molecule has 0 aromatic carbocycles. The number of nitrogens with one attached hydrogen (secondary N) is 1. The Hall–Kier alpha value is -1.96. The van der Waals surface area contributed by atoms with E-state index in [1.54, 1.807) is 0 Å². The summed E-state index contributed by atoms with van der Waals surface area (Å²) < 4.78 is 7.72. The molecule has 0 aliphatic carbocycles. The minimum Gasteiger partial charge on any atom is -0.380 e. The van der Waals surface area contributed by atoms with E-state index in [1.165, 1.54) is 4.88 Å². The van der Waals surface area contributed by atoms with Gasteiger partial charge in [-0.3, -0.25) is 4.57 Å². The van der Waals surface area contributed by atoms with Crippen molar-refractivity contribution < 1.29 is 4.74 Å². The molecule has 1 aliphatic heterocycles. The quantitative estimate of drug-likeness (QED) is 0.557. The molecular formula is C21H29N5OS. The zero-order valence-electron chi connectivity index (χ0n) is 16.5. The van der Waals surface area contributed by atoms with Crippen molar-refractivity contribution in [1.29, 1.82) is 0 Å². The summed E-state index contributed by atoms with van der Waals surface area (Å²) in [5.41, 5.74) is 1.87. The average Bonchev–Trinajstić information content (AvgIpc) is 3.36. The molecule has 1 fully saturated rings. The summed E-state index contributed by atoms with van der Waals surface area (Å²) >= 11 is 1.86. The van der Waals surface area contributed by atoms with Crippen LogP contribution in [0.3, 0.4) is 0 Å². The van der Waals surface area contributed by atoms with E-state index in [0.717, 1.165) is 69.2 Å². The first-order valence-corrected chi connectivity index (χ1v) is 11.1. The van der Waals surface area contributed by atoms with Gasteiger partial charge in [0.25, 0.3) is 0 Å². The number of piperidine rings is 1. The number of hydrogen-bond donors (Lipinski definition) is 1. The minimum atomic E-state index is 0.459. The Morgan fingerprint density at radius 3 is 2.89 bits per heavy atom. The van der Waals surface area contributed by atoms with Crippen molar-refractivity contribution in [3.05, 3.63) is 40.7 Å². The van der Waals surface area contributed by atoms with Crippen LogP contribution < -0.4 is 5.32 Å². The van der Waals surface area contributed by atoms with Crippen molar-refractivity contribution >= 4 is 28.4 Å². The fourth-order valence-corrected chi connectivity index (χ4v) is 4.49. The summed E-state index contributed by atoms with van der Waals surface area (Å²) in [6, 6.07) is 8.80. The van der Waals surface area contributed by atoms with Crippen LogP contribution in [-0.4, -0.2) is 58.3 Å². The molecular weight excluding hydrogens is 370 g/mol. The van der Waals surface area contributed by atoms with Crippen molar-refractivity contribution in [2.45, 2.75) is 38.8 Å². The monoisotopic (exact) mass is 399 g/mol. The zero-order valence-corrected chi connectivity index (χ0v) is 17.3. The van der Waals surface area contributed by atoms with Gasteiger partial charge in [0.2, 0.25) is 5.95 Å². The van der Waals surface area contributed by atoms with Crippen molar-refractivity contribution in [2.24, 2.45) is 0 Å². The fourth-order valence-electron chi connectivity index (χ4n) is 3.79. The molecule has 4 rings (SSSR count). The lowest BCUT2D eigenvalue weighted by Gasteiger charge is -2.32. The number of hydrogen-bond acceptors (Lipinski definition) is 6. The van der Waals surface area contributed by atoms with E-state index in [1.807, 2.05) is 36.6 Å². The average molecular weight is 400 g/mol. The van der Waals surface area contributed by atoms with Gasteiger partial charge in [-0.05, 0) is 49.8 Å². The zero-order chi connectivity index (χ0) is 19.2. The highest BCUT2D eigenvalue weighted by Gasteiger charge is 2.21. The normalized spacial score (nSPS) is 16.0. The van der Waals surface area contributed by atoms with E-state index in [4.69, 9.17) is 9.72 Å². The molecule has 6 nitrogen and oxygen atoms in total. The lowest BCUT2D eigenvalue weighted by atomic mass is 10.1. The number of fused-ring (bicyclic) bond motifs is 1. The van der Waals surface area contributed by atoms with E-state index in [0.29, 0.717) is 12.6 Å². The molecule has 1 aliphatic rings. The molecule has 0 spiro atoms. The molecule has 1 saturated heterocycles. The summed E-state index contributed by atoms with van der Waals surface area (Å²) in [5, 5.41) is 5.85. The molecule has 0 bridgehead atoms. The molecule has 0 saturated carbocycles. The van der Waals surface area contributed by atoms with Gasteiger partial charge in [-0.15, -0.1) is 11.3 Å². The van der Waals surface area contributed by atoms with Crippen LogP contribution >= 0.6 is 11.3 Å². The van der Waals surface area contributed by atoms with Crippen LogP contribution in [0.15, 0.2) is 35.8 Å². The van der Waals surface area contributed by atoms with Crippen LogP contribution in [0.25, 0.3) is 11.2 Å². The number of rotatable bonds is 9. The molecule has 0 unspecified atom stereocenters. The highest BCUT2D eigenvalue weighted by Crippen LogP contribution is 2.21. The van der Waals surface area contributed by atoms with E-state index >= 15 is 0 Å². The highest BCUT2D eigenvalue weighted by molar-refractivity contribution is 7.09. The second kappa shape index (κ2) is 9.49. The van der Waals surface area contributed by atoms with Gasteiger partial charge in [0, 0.05) is 43.4 Å². The summed E-state index contributed by atoms with van der Waals surface area (Å²) in [5.74, 6) is 0.922. The van der Waals surface area contributed by atoms with Crippen LogP contribution in [0.4, 0.5) is 5.95 Å². The molecule has 150 valence electrons. The number of anilines is 1. The third-order valence-electron chi connectivity index (χ3n) is 5.34. The first kappa shape index (κ1) is 19.4. The third-order valence-corrected chi connectivity index (χ3v) is 6.28. The molecule has 7 heteroatoms. The molecule has 3 aromatic heterocycles. The smallest absolute Gasteiger partial charge is 0.205 e. The van der Waals surface area contributed by atoms with E-state index in [-0.39, 0.29) is 0 Å². The maximum Gasteiger partial charge on any atom is 0.205 e. The van der Waals surface area contributed by atoms with Crippen LogP contribution in [0.1, 0.15) is 24.6 Å². The van der Waals surface area contributed by atoms with Crippen molar-refractivity contribution in [3.8, 4) is 0 Å². The Labute approximate surface area is 170 Å².